The molecule has 1 aliphatic carbocycles. The molecule has 19 heavy (non-hydrogen) atoms. The van der Waals surface area contributed by atoms with E-state index in [1.807, 2.05) is 0 Å². The molecule has 4 nitrogen and oxygen atoms in total. The summed E-state index contributed by atoms with van der Waals surface area (Å²) in [5, 5.41) is 0. The highest BCUT2D eigenvalue weighted by atomic mass is 16.2. The fourth-order valence-electron chi connectivity index (χ4n) is 2.88. The molecule has 0 bridgehead atoms. The SMILES string of the molecule is O=C1C(=O)C(CN2CCCC2)C(=O)c2ccccc21. The van der Waals surface area contributed by atoms with Crippen molar-refractivity contribution in [1.29, 1.82) is 0 Å². The molecule has 2 aliphatic rings. The Hall–Kier alpha value is -1.81. The first kappa shape index (κ1) is 12.2. The van der Waals surface area contributed by atoms with Crippen LogP contribution in [-0.2, 0) is 4.79 Å². The average Bonchev–Trinajstić information content (AvgIpc) is 2.94. The maximum Gasteiger partial charge on any atom is 0.230 e. The molecule has 0 spiro atoms. The van der Waals surface area contributed by atoms with Crippen LogP contribution in [0.25, 0.3) is 0 Å². The molecule has 1 heterocycles. The van der Waals surface area contributed by atoms with E-state index in [4.69, 9.17) is 0 Å². The lowest BCUT2D eigenvalue weighted by Gasteiger charge is -2.25. The van der Waals surface area contributed by atoms with Gasteiger partial charge in [0.25, 0.3) is 0 Å². The van der Waals surface area contributed by atoms with Gasteiger partial charge in [0.2, 0.25) is 11.6 Å². The fourth-order valence-corrected chi connectivity index (χ4v) is 2.88. The molecule has 1 aromatic carbocycles. The first-order chi connectivity index (χ1) is 9.18. The summed E-state index contributed by atoms with van der Waals surface area (Å²) in [6, 6.07) is 6.60. The number of ketones is 3. The Morgan fingerprint density at radius 2 is 1.58 bits per heavy atom. The first-order valence-corrected chi connectivity index (χ1v) is 6.62. The number of fused-ring (bicyclic) bond motifs is 1. The number of Topliss-reactive ketones (excluding diaryl/α,β-unsaturated/α-hetero) is 3. The van der Waals surface area contributed by atoms with Gasteiger partial charge in [-0.05, 0) is 25.9 Å². The number of rotatable bonds is 2. The minimum absolute atomic E-state index is 0.202. The minimum atomic E-state index is -0.805. The zero-order valence-corrected chi connectivity index (χ0v) is 10.6. The van der Waals surface area contributed by atoms with Gasteiger partial charge in [-0.2, -0.15) is 0 Å². The summed E-state index contributed by atoms with van der Waals surface area (Å²) >= 11 is 0. The molecule has 0 saturated carbocycles. The molecular weight excluding hydrogens is 242 g/mol. The number of likely N-dealkylation sites (tertiary alicyclic amines) is 1. The van der Waals surface area contributed by atoms with Crippen molar-refractivity contribution in [2.45, 2.75) is 12.8 Å². The van der Waals surface area contributed by atoms with E-state index in [2.05, 4.69) is 4.90 Å². The largest absolute Gasteiger partial charge is 0.302 e. The topological polar surface area (TPSA) is 54.5 Å². The van der Waals surface area contributed by atoms with Gasteiger partial charge in [0, 0.05) is 17.7 Å². The van der Waals surface area contributed by atoms with E-state index in [0.29, 0.717) is 12.1 Å². The Morgan fingerprint density at radius 3 is 2.26 bits per heavy atom. The number of hydrogen-bond donors (Lipinski definition) is 0. The molecule has 3 rings (SSSR count). The Labute approximate surface area is 111 Å². The number of carbonyl (C=O) groups excluding carboxylic acids is 3. The second-order valence-corrected chi connectivity index (χ2v) is 5.16. The summed E-state index contributed by atoms with van der Waals surface area (Å²) in [7, 11) is 0. The highest BCUT2D eigenvalue weighted by Crippen LogP contribution is 2.24. The lowest BCUT2D eigenvalue weighted by atomic mass is 9.80. The lowest BCUT2D eigenvalue weighted by Crippen LogP contribution is -2.43. The minimum Gasteiger partial charge on any atom is -0.302 e. The van der Waals surface area contributed by atoms with Crippen LogP contribution in [-0.4, -0.2) is 41.9 Å². The third-order valence-electron chi connectivity index (χ3n) is 3.93. The van der Waals surface area contributed by atoms with E-state index >= 15 is 0 Å². The van der Waals surface area contributed by atoms with Crippen LogP contribution in [0.1, 0.15) is 33.6 Å². The third-order valence-corrected chi connectivity index (χ3v) is 3.93. The van der Waals surface area contributed by atoms with E-state index in [-0.39, 0.29) is 11.3 Å². The zero-order chi connectivity index (χ0) is 13.4. The monoisotopic (exact) mass is 257 g/mol. The van der Waals surface area contributed by atoms with Crippen LogP contribution < -0.4 is 0 Å². The zero-order valence-electron chi connectivity index (χ0n) is 10.6. The molecule has 1 unspecified atom stereocenters. The molecule has 1 aromatic rings. The van der Waals surface area contributed by atoms with Gasteiger partial charge in [-0.1, -0.05) is 24.3 Å². The molecule has 0 amide bonds. The van der Waals surface area contributed by atoms with Crippen molar-refractivity contribution in [2.75, 3.05) is 19.6 Å². The molecule has 0 N–H and O–H groups in total. The van der Waals surface area contributed by atoms with Gasteiger partial charge < -0.3 is 4.90 Å². The average molecular weight is 257 g/mol. The maximum absolute atomic E-state index is 12.4. The van der Waals surface area contributed by atoms with Crippen LogP contribution >= 0.6 is 0 Å². The number of hydrogen-bond acceptors (Lipinski definition) is 4. The predicted molar refractivity (Wildman–Crippen MR) is 69.3 cm³/mol. The Kier molecular flexibility index (Phi) is 3.03. The van der Waals surface area contributed by atoms with Crippen molar-refractivity contribution in [1.82, 2.24) is 4.90 Å². The van der Waals surface area contributed by atoms with Gasteiger partial charge in [-0.15, -0.1) is 0 Å². The van der Waals surface area contributed by atoms with Crippen molar-refractivity contribution in [3.63, 3.8) is 0 Å². The Balaban J connectivity index is 1.92. The second-order valence-electron chi connectivity index (χ2n) is 5.16. The van der Waals surface area contributed by atoms with Crippen LogP contribution in [0.2, 0.25) is 0 Å². The lowest BCUT2D eigenvalue weighted by molar-refractivity contribution is -0.118. The molecule has 4 heteroatoms. The molecule has 1 aliphatic heterocycles. The van der Waals surface area contributed by atoms with E-state index < -0.39 is 17.5 Å². The smallest absolute Gasteiger partial charge is 0.230 e. The van der Waals surface area contributed by atoms with E-state index in [9.17, 15) is 14.4 Å². The van der Waals surface area contributed by atoms with Crippen LogP contribution in [0.3, 0.4) is 0 Å². The molecule has 1 fully saturated rings. The van der Waals surface area contributed by atoms with Crippen LogP contribution in [0.4, 0.5) is 0 Å². The van der Waals surface area contributed by atoms with Crippen molar-refractivity contribution in [3.8, 4) is 0 Å². The summed E-state index contributed by atoms with van der Waals surface area (Å²) in [6.45, 7) is 2.21. The highest BCUT2D eigenvalue weighted by Gasteiger charge is 2.40. The van der Waals surface area contributed by atoms with Gasteiger partial charge in [-0.3, -0.25) is 14.4 Å². The molecule has 0 aromatic heterocycles. The van der Waals surface area contributed by atoms with Crippen LogP contribution in [0.5, 0.6) is 0 Å². The van der Waals surface area contributed by atoms with Gasteiger partial charge in [0.05, 0.1) is 0 Å². The normalized spacial score (nSPS) is 23.8. The molecule has 1 saturated heterocycles. The summed E-state index contributed by atoms with van der Waals surface area (Å²) in [5.41, 5.74) is 0.659. The maximum atomic E-state index is 12.4. The molecule has 0 radical (unpaired) electrons. The van der Waals surface area contributed by atoms with Gasteiger partial charge >= 0.3 is 0 Å². The number of nitrogens with zero attached hydrogens (tertiary/aromatic N) is 1. The van der Waals surface area contributed by atoms with Gasteiger partial charge in [0.1, 0.15) is 5.92 Å². The van der Waals surface area contributed by atoms with Crippen molar-refractivity contribution >= 4 is 17.3 Å². The number of benzene rings is 1. The predicted octanol–water partition coefficient (Wildman–Crippen LogP) is 1.35. The molecular formula is C15H15NO3. The standard InChI is InChI=1S/C15H15NO3/c17-13-10-5-1-2-6-11(10)14(18)15(19)12(13)9-16-7-3-4-8-16/h1-2,5-6,12H,3-4,7-9H2. The highest BCUT2D eigenvalue weighted by molar-refractivity contribution is 6.51. The fraction of sp³-hybridized carbons (Fsp3) is 0.400. The van der Waals surface area contributed by atoms with E-state index in [1.165, 1.54) is 0 Å². The van der Waals surface area contributed by atoms with Gasteiger partial charge in [-0.25, -0.2) is 0 Å². The molecule has 1 atom stereocenters. The third kappa shape index (κ3) is 2.02. The van der Waals surface area contributed by atoms with Crippen LogP contribution in [0, 0.1) is 5.92 Å². The van der Waals surface area contributed by atoms with Crippen molar-refractivity contribution < 1.29 is 14.4 Å². The second kappa shape index (κ2) is 4.70. The van der Waals surface area contributed by atoms with E-state index in [1.54, 1.807) is 24.3 Å². The summed E-state index contributed by atoms with van der Waals surface area (Å²) in [4.78, 5) is 38.6. The van der Waals surface area contributed by atoms with E-state index in [0.717, 1.165) is 25.9 Å². The summed E-state index contributed by atoms with van der Waals surface area (Å²) < 4.78 is 0. The Morgan fingerprint density at radius 1 is 0.947 bits per heavy atom. The first-order valence-electron chi connectivity index (χ1n) is 6.62. The van der Waals surface area contributed by atoms with Crippen LogP contribution in [0.15, 0.2) is 24.3 Å². The van der Waals surface area contributed by atoms with Crippen molar-refractivity contribution in [2.24, 2.45) is 5.92 Å². The summed E-state index contributed by atoms with van der Waals surface area (Å²) in [6.07, 6.45) is 2.19. The Bertz CT molecular complexity index is 558. The quantitative estimate of drug-likeness (QED) is 0.592. The summed E-state index contributed by atoms with van der Waals surface area (Å²) in [5.74, 6) is -2.07. The van der Waals surface area contributed by atoms with Gasteiger partial charge in [0.15, 0.2) is 5.78 Å². The molecule has 98 valence electrons. The number of carbonyl (C=O) groups is 3. The van der Waals surface area contributed by atoms with Crippen molar-refractivity contribution in [3.05, 3.63) is 35.4 Å².